The van der Waals surface area contributed by atoms with Gasteiger partial charge in [0.2, 0.25) is 6.29 Å². The Labute approximate surface area is 55.1 Å². The van der Waals surface area contributed by atoms with Gasteiger partial charge in [0.15, 0.2) is 6.29 Å². The van der Waals surface area contributed by atoms with Crippen LogP contribution < -0.4 is 0 Å². The number of aldehydes is 1. The first-order valence-corrected chi connectivity index (χ1v) is 3.11. The van der Waals surface area contributed by atoms with Crippen LogP contribution in [0.5, 0.6) is 0 Å². The number of ether oxygens (including phenoxy) is 2. The van der Waals surface area contributed by atoms with Gasteiger partial charge in [0.1, 0.15) is 5.01 Å². The molecule has 8 heavy (non-hydrogen) atoms. The van der Waals surface area contributed by atoms with Crippen molar-refractivity contribution in [1.29, 1.82) is 0 Å². The van der Waals surface area contributed by atoms with E-state index in [1.807, 2.05) is 0 Å². The number of halogens is 1. The lowest BCUT2D eigenvalue weighted by molar-refractivity contribution is -0.131. The van der Waals surface area contributed by atoms with Crippen LogP contribution in [0.15, 0.2) is 0 Å². The fourth-order valence-electron chi connectivity index (χ4n) is 0.466. The Hall–Kier alpha value is 0.0700. The topological polar surface area (TPSA) is 35.5 Å². The summed E-state index contributed by atoms with van der Waals surface area (Å²) in [6.45, 7) is 0.448. The first-order chi connectivity index (χ1) is 3.83. The summed E-state index contributed by atoms with van der Waals surface area (Å²) in [5.41, 5.74) is 0. The fourth-order valence-corrected chi connectivity index (χ4v) is 0.831. The molecule has 46 valence electrons. The van der Waals surface area contributed by atoms with Gasteiger partial charge in [-0.25, -0.2) is 0 Å². The molecule has 1 fully saturated rings. The summed E-state index contributed by atoms with van der Waals surface area (Å²) in [6, 6.07) is 0. The molecule has 2 unspecified atom stereocenters. The smallest absolute Gasteiger partial charge is 0.215 e. The molecule has 0 amide bonds. The minimum atomic E-state index is -0.653. The van der Waals surface area contributed by atoms with Crippen LogP contribution in [0.3, 0.4) is 0 Å². The van der Waals surface area contributed by atoms with Crippen LogP contribution in [0.1, 0.15) is 0 Å². The van der Waals surface area contributed by atoms with E-state index < -0.39 is 6.29 Å². The highest BCUT2D eigenvalue weighted by molar-refractivity contribution is 9.09. The molecular weight excluding hydrogens is 176 g/mol. The van der Waals surface area contributed by atoms with Crippen LogP contribution in [-0.2, 0) is 14.3 Å². The van der Waals surface area contributed by atoms with Crippen LogP contribution in [0.4, 0.5) is 0 Å². The Morgan fingerprint density at radius 3 is 2.75 bits per heavy atom. The summed E-state index contributed by atoms with van der Waals surface area (Å²) in [7, 11) is 0. The molecule has 1 rings (SSSR count). The van der Waals surface area contributed by atoms with Crippen molar-refractivity contribution in [3.63, 3.8) is 0 Å². The van der Waals surface area contributed by atoms with Crippen molar-refractivity contribution in [2.45, 2.75) is 11.3 Å². The number of carbonyl (C=O) groups is 1. The van der Waals surface area contributed by atoms with Crippen LogP contribution >= 0.6 is 15.9 Å². The van der Waals surface area contributed by atoms with Gasteiger partial charge in [-0.3, -0.25) is 4.79 Å². The molecule has 0 aliphatic carbocycles. The second-order valence-corrected chi connectivity index (χ2v) is 2.41. The van der Waals surface area contributed by atoms with Gasteiger partial charge in [0, 0.05) is 0 Å². The summed E-state index contributed by atoms with van der Waals surface area (Å²) >= 11 is 3.11. The zero-order chi connectivity index (χ0) is 5.98. The Balaban J connectivity index is 2.32. The number of carbonyl (C=O) groups excluding carboxylic acids is 1. The predicted octanol–water partition coefficient (Wildman–Crippen LogP) is 0.279. The van der Waals surface area contributed by atoms with Gasteiger partial charge in [-0.15, -0.1) is 0 Å². The molecule has 4 heteroatoms. The van der Waals surface area contributed by atoms with Crippen LogP contribution in [0, 0.1) is 0 Å². The maximum atomic E-state index is 9.88. The molecule has 0 saturated carbocycles. The van der Waals surface area contributed by atoms with E-state index in [0.717, 1.165) is 0 Å². The second-order valence-electron chi connectivity index (χ2n) is 1.38. The highest BCUT2D eigenvalue weighted by Crippen LogP contribution is 2.13. The molecule has 0 aromatic carbocycles. The van der Waals surface area contributed by atoms with Gasteiger partial charge in [-0.05, 0) is 0 Å². The van der Waals surface area contributed by atoms with E-state index in [0.29, 0.717) is 12.9 Å². The van der Waals surface area contributed by atoms with Crippen molar-refractivity contribution in [3.05, 3.63) is 0 Å². The Morgan fingerprint density at radius 1 is 1.75 bits per heavy atom. The predicted molar refractivity (Wildman–Crippen MR) is 29.6 cm³/mol. The standard InChI is InChI=1S/C4H5BrO3/c5-3-2-7-4(1-6)8-3/h1,3-4H,2H2. The van der Waals surface area contributed by atoms with E-state index in [1.165, 1.54) is 0 Å². The van der Waals surface area contributed by atoms with Crippen molar-refractivity contribution in [1.82, 2.24) is 0 Å². The molecule has 1 saturated heterocycles. The third-order valence-electron chi connectivity index (χ3n) is 0.784. The van der Waals surface area contributed by atoms with Crippen molar-refractivity contribution < 1.29 is 14.3 Å². The van der Waals surface area contributed by atoms with Gasteiger partial charge in [0.25, 0.3) is 0 Å². The quantitative estimate of drug-likeness (QED) is 0.430. The molecule has 0 N–H and O–H groups in total. The molecule has 0 radical (unpaired) electrons. The van der Waals surface area contributed by atoms with Gasteiger partial charge in [0.05, 0.1) is 6.61 Å². The van der Waals surface area contributed by atoms with Crippen LogP contribution in [0.25, 0.3) is 0 Å². The lowest BCUT2D eigenvalue weighted by Crippen LogP contribution is -2.08. The number of hydrogen-bond acceptors (Lipinski definition) is 3. The minimum absolute atomic E-state index is 0.113. The molecule has 0 aromatic rings. The molecular formula is C4H5BrO3. The van der Waals surface area contributed by atoms with E-state index >= 15 is 0 Å². The average molecular weight is 181 g/mol. The van der Waals surface area contributed by atoms with Crippen molar-refractivity contribution in [2.75, 3.05) is 6.61 Å². The molecule has 2 atom stereocenters. The van der Waals surface area contributed by atoms with Gasteiger partial charge >= 0.3 is 0 Å². The summed E-state index contributed by atoms with van der Waals surface area (Å²) in [4.78, 5) is 9.88. The number of alkyl halides is 1. The zero-order valence-electron chi connectivity index (χ0n) is 4.04. The number of hydrogen-bond donors (Lipinski definition) is 0. The highest BCUT2D eigenvalue weighted by atomic mass is 79.9. The van der Waals surface area contributed by atoms with Gasteiger partial charge in [-0.2, -0.15) is 0 Å². The maximum absolute atomic E-state index is 9.88. The molecule has 0 aromatic heterocycles. The highest BCUT2D eigenvalue weighted by Gasteiger charge is 2.22. The molecule has 3 nitrogen and oxygen atoms in total. The zero-order valence-corrected chi connectivity index (χ0v) is 5.63. The molecule has 0 bridgehead atoms. The van der Waals surface area contributed by atoms with Gasteiger partial charge < -0.3 is 9.47 Å². The van der Waals surface area contributed by atoms with Crippen LogP contribution in [-0.4, -0.2) is 24.2 Å². The SMILES string of the molecule is O=CC1OCC(Br)O1. The van der Waals surface area contributed by atoms with Crippen molar-refractivity contribution in [3.8, 4) is 0 Å². The normalized spacial score (nSPS) is 37.6. The van der Waals surface area contributed by atoms with Crippen molar-refractivity contribution >= 4 is 22.2 Å². The number of rotatable bonds is 1. The summed E-state index contributed by atoms with van der Waals surface area (Å²) in [6.07, 6.45) is -0.0271. The van der Waals surface area contributed by atoms with E-state index in [4.69, 9.17) is 9.47 Å². The lowest BCUT2D eigenvalue weighted by atomic mass is 10.7. The largest absolute Gasteiger partial charge is 0.343 e. The Morgan fingerprint density at radius 2 is 2.50 bits per heavy atom. The fraction of sp³-hybridized carbons (Fsp3) is 0.750. The lowest BCUT2D eigenvalue weighted by Gasteiger charge is -1.96. The summed E-state index contributed by atoms with van der Waals surface area (Å²) in [5, 5.41) is -0.113. The van der Waals surface area contributed by atoms with Crippen molar-refractivity contribution in [2.24, 2.45) is 0 Å². The third-order valence-corrected chi connectivity index (χ3v) is 1.26. The molecule has 0 spiro atoms. The van der Waals surface area contributed by atoms with Gasteiger partial charge in [-0.1, -0.05) is 15.9 Å². The Kier molecular flexibility index (Phi) is 1.99. The Bertz CT molecular complexity index is 95.3. The first-order valence-electron chi connectivity index (χ1n) is 2.19. The monoisotopic (exact) mass is 180 g/mol. The van der Waals surface area contributed by atoms with E-state index in [2.05, 4.69) is 15.9 Å². The summed E-state index contributed by atoms with van der Waals surface area (Å²) < 4.78 is 9.61. The van der Waals surface area contributed by atoms with E-state index in [9.17, 15) is 4.79 Å². The third kappa shape index (κ3) is 1.27. The first kappa shape index (κ1) is 6.19. The molecule has 1 aliphatic heterocycles. The molecule has 1 heterocycles. The maximum Gasteiger partial charge on any atom is 0.215 e. The molecule has 1 aliphatic rings. The summed E-state index contributed by atoms with van der Waals surface area (Å²) in [5.74, 6) is 0. The van der Waals surface area contributed by atoms with Crippen LogP contribution in [0.2, 0.25) is 0 Å². The average Bonchev–Trinajstić information content (AvgIpc) is 2.14. The second kappa shape index (κ2) is 2.57. The van der Waals surface area contributed by atoms with E-state index in [-0.39, 0.29) is 5.01 Å². The minimum Gasteiger partial charge on any atom is -0.343 e. The van der Waals surface area contributed by atoms with E-state index in [1.54, 1.807) is 0 Å².